The average Bonchev–Trinajstić information content (AvgIpc) is 3.18. The molecule has 8 nitrogen and oxygen atoms in total. The quantitative estimate of drug-likeness (QED) is 0.763. The van der Waals surface area contributed by atoms with E-state index in [2.05, 4.69) is 15.0 Å². The van der Waals surface area contributed by atoms with Crippen molar-refractivity contribution in [3.05, 3.63) is 42.0 Å². The van der Waals surface area contributed by atoms with Gasteiger partial charge < -0.3 is 14.3 Å². The first kappa shape index (κ1) is 19.6. The van der Waals surface area contributed by atoms with E-state index in [1.165, 1.54) is 0 Å². The number of para-hydroxylation sites is 1. The molecule has 0 saturated carbocycles. The maximum atomic E-state index is 13.1. The number of anilines is 1. The first-order chi connectivity index (χ1) is 14.1. The minimum atomic E-state index is -0.0948. The van der Waals surface area contributed by atoms with Crippen LogP contribution in [-0.4, -0.2) is 70.5 Å². The van der Waals surface area contributed by atoms with Crippen LogP contribution in [0.15, 0.2) is 34.9 Å². The molecule has 0 aliphatic carbocycles. The number of benzene rings is 1. The molecular weight excluding hydrogens is 370 g/mol. The molecule has 2 aliphatic heterocycles. The zero-order valence-corrected chi connectivity index (χ0v) is 16.8. The lowest BCUT2D eigenvalue weighted by atomic mass is 10.0. The number of carbonyl (C=O) groups is 2. The predicted octanol–water partition coefficient (Wildman–Crippen LogP) is 1.65. The fourth-order valence-corrected chi connectivity index (χ4v) is 4.16. The molecule has 1 aromatic heterocycles. The summed E-state index contributed by atoms with van der Waals surface area (Å²) in [7, 11) is 0. The number of piperidine rings is 1. The van der Waals surface area contributed by atoms with Gasteiger partial charge in [0.15, 0.2) is 5.82 Å². The minimum Gasteiger partial charge on any atom is -0.340 e. The molecule has 1 aromatic carbocycles. The van der Waals surface area contributed by atoms with Gasteiger partial charge in [0.1, 0.15) is 0 Å². The number of aryl methyl sites for hydroxylation is 2. The smallest absolute Gasteiger partial charge is 0.244 e. The second-order valence-electron chi connectivity index (χ2n) is 7.64. The molecule has 0 radical (unpaired) electrons. The topological polar surface area (TPSA) is 82.8 Å². The van der Waals surface area contributed by atoms with Crippen LogP contribution in [0.5, 0.6) is 0 Å². The highest BCUT2D eigenvalue weighted by molar-refractivity contribution is 5.97. The van der Waals surface area contributed by atoms with Crippen LogP contribution in [0.2, 0.25) is 0 Å². The summed E-state index contributed by atoms with van der Waals surface area (Å²) in [5, 5.41) is 3.75. The van der Waals surface area contributed by atoms with Crippen molar-refractivity contribution < 1.29 is 14.1 Å². The predicted molar refractivity (Wildman–Crippen MR) is 107 cm³/mol. The molecule has 29 heavy (non-hydrogen) atoms. The molecule has 4 rings (SSSR count). The van der Waals surface area contributed by atoms with E-state index < -0.39 is 0 Å². The first-order valence-electron chi connectivity index (χ1n) is 10.3. The Balaban J connectivity index is 1.29. The molecule has 3 heterocycles. The van der Waals surface area contributed by atoms with Crippen molar-refractivity contribution in [1.29, 1.82) is 0 Å². The van der Waals surface area contributed by atoms with E-state index in [0.29, 0.717) is 37.6 Å². The van der Waals surface area contributed by atoms with Crippen molar-refractivity contribution in [1.82, 2.24) is 19.9 Å². The number of rotatable bonds is 5. The van der Waals surface area contributed by atoms with Crippen LogP contribution in [0.3, 0.4) is 0 Å². The van der Waals surface area contributed by atoms with Gasteiger partial charge in [-0.3, -0.25) is 14.5 Å². The van der Waals surface area contributed by atoms with Crippen LogP contribution >= 0.6 is 0 Å². The Labute approximate surface area is 170 Å². The molecule has 0 N–H and O–H groups in total. The maximum Gasteiger partial charge on any atom is 0.244 e. The van der Waals surface area contributed by atoms with Gasteiger partial charge in [0, 0.05) is 51.3 Å². The zero-order chi connectivity index (χ0) is 20.2. The van der Waals surface area contributed by atoms with E-state index in [-0.39, 0.29) is 17.9 Å². The number of aromatic nitrogens is 2. The summed E-state index contributed by atoms with van der Waals surface area (Å²) in [6, 6.07) is 9.77. The standard InChI is InChI=1S/C21H27N5O3/c1-16-22-19(29-23-16)9-10-20(27)25-14-12-24(13-15-25)18-8-5-11-26(21(18)28)17-6-3-2-4-7-17/h2-4,6-7,18H,5,8-15H2,1H3. The monoisotopic (exact) mass is 397 g/mol. The summed E-state index contributed by atoms with van der Waals surface area (Å²) in [4.78, 5) is 35.7. The lowest BCUT2D eigenvalue weighted by molar-refractivity contribution is -0.134. The molecule has 1 atom stereocenters. The number of amides is 2. The number of nitrogens with zero attached hydrogens (tertiary/aromatic N) is 5. The van der Waals surface area contributed by atoms with Gasteiger partial charge in [-0.1, -0.05) is 23.4 Å². The second kappa shape index (κ2) is 8.73. The molecule has 8 heteroatoms. The van der Waals surface area contributed by atoms with Crippen LogP contribution in [0.1, 0.15) is 31.0 Å². The van der Waals surface area contributed by atoms with Gasteiger partial charge in [0.05, 0.1) is 6.04 Å². The van der Waals surface area contributed by atoms with Gasteiger partial charge in [0.2, 0.25) is 17.7 Å². The summed E-state index contributed by atoms with van der Waals surface area (Å²) in [5.41, 5.74) is 0.965. The second-order valence-corrected chi connectivity index (χ2v) is 7.64. The third-order valence-corrected chi connectivity index (χ3v) is 5.71. The van der Waals surface area contributed by atoms with Gasteiger partial charge in [0.25, 0.3) is 0 Å². The summed E-state index contributed by atoms with van der Waals surface area (Å²) in [6.07, 6.45) is 2.71. The zero-order valence-electron chi connectivity index (χ0n) is 16.8. The van der Waals surface area contributed by atoms with Gasteiger partial charge in [-0.05, 0) is 31.9 Å². The van der Waals surface area contributed by atoms with Crippen molar-refractivity contribution in [3.8, 4) is 0 Å². The van der Waals surface area contributed by atoms with Crippen molar-refractivity contribution >= 4 is 17.5 Å². The Morgan fingerprint density at radius 2 is 1.90 bits per heavy atom. The van der Waals surface area contributed by atoms with E-state index in [0.717, 1.165) is 38.2 Å². The summed E-state index contributed by atoms with van der Waals surface area (Å²) in [6.45, 7) is 5.29. The normalized spacial score (nSPS) is 20.9. The van der Waals surface area contributed by atoms with E-state index in [1.807, 2.05) is 40.1 Å². The largest absolute Gasteiger partial charge is 0.340 e. The molecule has 154 valence electrons. The van der Waals surface area contributed by atoms with Crippen molar-refractivity contribution in [2.45, 2.75) is 38.6 Å². The molecule has 2 aromatic rings. The molecular formula is C21H27N5O3. The van der Waals surface area contributed by atoms with Gasteiger partial charge in [-0.2, -0.15) is 4.98 Å². The SMILES string of the molecule is Cc1noc(CCC(=O)N2CCN(C3CCCN(c4ccccc4)C3=O)CC2)n1. The van der Waals surface area contributed by atoms with Crippen LogP contribution in [-0.2, 0) is 16.0 Å². The minimum absolute atomic E-state index is 0.0948. The van der Waals surface area contributed by atoms with E-state index in [9.17, 15) is 9.59 Å². The van der Waals surface area contributed by atoms with Crippen LogP contribution in [0.4, 0.5) is 5.69 Å². The molecule has 2 aliphatic rings. The summed E-state index contributed by atoms with van der Waals surface area (Å²) >= 11 is 0. The van der Waals surface area contributed by atoms with E-state index in [4.69, 9.17) is 4.52 Å². The highest BCUT2D eigenvalue weighted by atomic mass is 16.5. The maximum absolute atomic E-state index is 13.1. The first-order valence-corrected chi connectivity index (χ1v) is 10.3. The average molecular weight is 397 g/mol. The summed E-state index contributed by atoms with van der Waals surface area (Å²) in [5.74, 6) is 1.36. The summed E-state index contributed by atoms with van der Waals surface area (Å²) < 4.78 is 5.07. The molecule has 0 bridgehead atoms. The lowest BCUT2D eigenvalue weighted by Gasteiger charge is -2.42. The fourth-order valence-electron chi connectivity index (χ4n) is 4.16. The number of carbonyl (C=O) groups excluding carboxylic acids is 2. The van der Waals surface area contributed by atoms with Crippen molar-refractivity contribution in [3.63, 3.8) is 0 Å². The molecule has 1 unspecified atom stereocenters. The lowest BCUT2D eigenvalue weighted by Crippen LogP contribution is -2.58. The molecule has 2 amide bonds. The fraction of sp³-hybridized carbons (Fsp3) is 0.524. The van der Waals surface area contributed by atoms with Crippen molar-refractivity contribution in [2.75, 3.05) is 37.6 Å². The molecule has 0 spiro atoms. The third-order valence-electron chi connectivity index (χ3n) is 5.71. The highest BCUT2D eigenvalue weighted by Gasteiger charge is 2.35. The molecule has 2 saturated heterocycles. The van der Waals surface area contributed by atoms with Crippen LogP contribution in [0, 0.1) is 6.92 Å². The highest BCUT2D eigenvalue weighted by Crippen LogP contribution is 2.24. The Morgan fingerprint density at radius 3 is 2.59 bits per heavy atom. The van der Waals surface area contributed by atoms with Crippen LogP contribution < -0.4 is 4.90 Å². The Kier molecular flexibility index (Phi) is 5.89. The number of hydrogen-bond acceptors (Lipinski definition) is 6. The van der Waals surface area contributed by atoms with Gasteiger partial charge in [-0.25, -0.2) is 0 Å². The third kappa shape index (κ3) is 4.48. The van der Waals surface area contributed by atoms with Crippen molar-refractivity contribution in [2.24, 2.45) is 0 Å². The van der Waals surface area contributed by atoms with Gasteiger partial charge in [-0.15, -0.1) is 0 Å². The Hall–Kier alpha value is -2.74. The number of hydrogen-bond donors (Lipinski definition) is 0. The van der Waals surface area contributed by atoms with E-state index >= 15 is 0 Å². The Morgan fingerprint density at radius 1 is 1.14 bits per heavy atom. The van der Waals surface area contributed by atoms with Gasteiger partial charge >= 0.3 is 0 Å². The van der Waals surface area contributed by atoms with E-state index in [1.54, 1.807) is 6.92 Å². The molecule has 2 fully saturated rings. The van der Waals surface area contributed by atoms with Crippen LogP contribution in [0.25, 0.3) is 0 Å². The number of piperazine rings is 1. The Bertz CT molecular complexity index is 845.